The molecule has 29 heteroatoms. The maximum absolute atomic E-state index is 12.0. The number of likely N-dealkylation sites (tertiary alicyclic amines) is 5. The lowest BCUT2D eigenvalue weighted by atomic mass is 9.79. The summed E-state index contributed by atoms with van der Waals surface area (Å²) in [7, 11) is 4.96. The smallest absolute Gasteiger partial charge is 0.475 e. The van der Waals surface area contributed by atoms with Crippen molar-refractivity contribution in [2.75, 3.05) is 131 Å². The van der Waals surface area contributed by atoms with Gasteiger partial charge in [0.05, 0.1) is 13.7 Å². The number of nitrogens with zero attached hydrogens (tertiary/aromatic N) is 5. The zero-order valence-corrected chi connectivity index (χ0v) is 93.1. The van der Waals surface area contributed by atoms with Crippen molar-refractivity contribution in [1.82, 2.24) is 24.5 Å². The molecule has 5 N–H and O–H groups in total. The molecule has 5 saturated heterocycles. The molecular formula is C117H209F3IN5O20. The van der Waals surface area contributed by atoms with Gasteiger partial charge in [0.15, 0.2) is 0 Å². The predicted molar refractivity (Wildman–Crippen MR) is 599 cm³/mol. The van der Waals surface area contributed by atoms with Crippen LogP contribution in [0.4, 0.5) is 32.3 Å². The minimum atomic E-state index is -5.08. The number of aliphatic hydroxyl groups is 4. The van der Waals surface area contributed by atoms with E-state index in [9.17, 15) is 41.9 Å². The molecule has 13 atom stereocenters. The number of amides is 2. The first kappa shape index (κ1) is 148. The Morgan fingerprint density at radius 1 is 0.390 bits per heavy atom. The van der Waals surface area contributed by atoms with Crippen LogP contribution in [-0.4, -0.2) is 252 Å². The summed E-state index contributed by atoms with van der Waals surface area (Å²) in [5, 5.41) is 42.5. The number of benzene rings is 3. The first-order chi connectivity index (χ1) is 66.4. The summed E-state index contributed by atoms with van der Waals surface area (Å²) < 4.78 is 71.2. The van der Waals surface area contributed by atoms with Crippen LogP contribution in [0.15, 0.2) is 114 Å². The van der Waals surface area contributed by atoms with Gasteiger partial charge in [0, 0.05) is 151 Å². The average Bonchev–Trinajstić information content (AvgIpc) is 0.848. The monoisotopic (exact) mass is 2190 g/mol. The molecule has 3 aliphatic carbocycles. The van der Waals surface area contributed by atoms with E-state index in [2.05, 4.69) is 169 Å². The molecule has 13 unspecified atom stereocenters. The number of ether oxygens (including phenoxy) is 8. The summed E-state index contributed by atoms with van der Waals surface area (Å²) in [5.74, 6) is 6.00. The van der Waals surface area contributed by atoms with Gasteiger partial charge >= 0.3 is 42.6 Å². The largest absolute Gasteiger partial charge is 0.519 e. The number of hydrogen-bond acceptors (Lipinski definition) is 22. The number of esters is 1. The van der Waals surface area contributed by atoms with Crippen molar-refractivity contribution in [2.24, 2.45) is 76.9 Å². The minimum absolute atomic E-state index is 0. The van der Waals surface area contributed by atoms with Gasteiger partial charge in [-0.2, -0.15) is 13.2 Å². The molecule has 0 bridgehead atoms. The minimum Gasteiger partial charge on any atom is -0.475 e. The molecule has 0 spiro atoms. The Kier molecular flexibility index (Phi) is 81.9. The predicted octanol–water partition coefficient (Wildman–Crippen LogP) is 27.3. The van der Waals surface area contributed by atoms with E-state index < -0.39 is 46.9 Å². The summed E-state index contributed by atoms with van der Waals surface area (Å²) in [6.45, 7) is 54.2. The quantitative estimate of drug-likeness (QED) is 0.0133. The molecule has 3 aromatic carbocycles. The second-order valence-electron chi connectivity index (χ2n) is 43.2. The normalized spacial score (nSPS) is 23.1. The standard InChI is InChI=1S/C16H21NO2.C15H21NO.C14H27NO3.C13H25NO3.C13H17NO.C10H18O5.C10H20O.2C9H18O.C2HF3O2.CH3I.5CH4/c1-13-11-17(12-14-6-4-3-5-7-14)9-8-15(13)10-16(18)19-2;1-13-11-16(9-7-15(13)8-10-17)12-14-5-3-2-4-6-14;1-11-10-15(13(16)18-14(2,3)4)8-6-12(11)7-9-17-5;1-10-9-14(7-5-11(10)6-8-15)12(16)17-13(2,3)4;1-11-9-14(8-7-13(11)15)10-12-5-3-2-4-6-12;1-9(2,3)14-7(11)13-8(12)15-10(4,5)6;1-9-5-3-4-6-10(9)7-8-11-2;2*1-8-4-2-3-5-9(8)6-7-10;3-2(4,5)1(6)7;1-2;;;;;/h3-7,10,13H,8-9,11-12H2,1-2H3;2-6,8,13,17H,7,9-12H2,1H3;11-12H,6-10H2,1-5H3;10-11,15H,5-9H2,1-4H3;2-6,11H,7-10H2,1H3;1-6H3;9-10H,3-8H2,1-2H3;2*8-10H,2-7H2,1H3;(H,6,7);1H3;5*1H4/b15-10-;15-8-;;;;;;;;;;;;;;. The lowest BCUT2D eigenvalue weighted by molar-refractivity contribution is -0.192. The summed E-state index contributed by atoms with van der Waals surface area (Å²) in [6, 6.07) is 31.6. The number of carboxylic acid groups (broad SMARTS) is 1. The van der Waals surface area contributed by atoms with Crippen molar-refractivity contribution in [2.45, 2.75) is 365 Å². The van der Waals surface area contributed by atoms with Crippen LogP contribution < -0.4 is 0 Å². The lowest BCUT2D eigenvalue weighted by Crippen LogP contribution is -2.45. The van der Waals surface area contributed by atoms with E-state index in [4.69, 9.17) is 63.5 Å². The highest BCUT2D eigenvalue weighted by Gasteiger charge is 2.39. The first-order valence-electron chi connectivity index (χ1n) is 51.8. The SMILES string of the molecule is C.C.C.C.C.CC(C)(C)OC(=O)OC(=O)OC(C)(C)C.CC1CCCCC1CCO.CC1CCCCC1CCO.CC1CN(C(=O)OC(C)(C)C)CCC1CCO.CC1CN(Cc2ccccc2)CC/C1=C/CO.CC1CN(Cc2ccccc2)CCC1=O.CI.COC(=O)/C=C1/CCN(Cc2ccccc2)CC1C.COCCC1CCCCC1C.COCCC1CCN(C(=O)OC(C)(C)C)CC1C.O=C(O)C(F)(F)F. The number of alkyl halides is 4. The van der Waals surface area contributed by atoms with Gasteiger partial charge < -0.3 is 73.2 Å². The fourth-order valence-electron chi connectivity index (χ4n) is 18.5. The highest BCUT2D eigenvalue weighted by Crippen LogP contribution is 2.36. The number of hydrogen-bond donors (Lipinski definition) is 5. The Bertz CT molecular complexity index is 3850. The van der Waals surface area contributed by atoms with Crippen molar-refractivity contribution < 1.29 is 110 Å². The third-order valence-electron chi connectivity index (χ3n) is 26.5. The van der Waals surface area contributed by atoms with Crippen LogP contribution in [0, 0.1) is 76.9 Å². The van der Waals surface area contributed by atoms with Crippen LogP contribution >= 0.6 is 22.6 Å². The summed E-state index contributed by atoms with van der Waals surface area (Å²) in [6.07, 6.45) is 22.9. The topological polar surface area (TPSA) is 311 Å². The third-order valence-corrected chi connectivity index (χ3v) is 26.5. The molecule has 0 radical (unpaired) electrons. The van der Waals surface area contributed by atoms with Gasteiger partial charge in [-0.25, -0.2) is 28.8 Å². The highest BCUT2D eigenvalue weighted by molar-refractivity contribution is 14.1. The molecule has 5 heterocycles. The second kappa shape index (κ2) is 81.0. The van der Waals surface area contributed by atoms with Crippen LogP contribution in [0.2, 0.25) is 0 Å². The fraction of sp³-hybridized carbons (Fsp3) is 0.752. The van der Waals surface area contributed by atoms with E-state index in [-0.39, 0.29) is 74.4 Å². The molecule has 8 fully saturated rings. The van der Waals surface area contributed by atoms with Crippen LogP contribution in [0.5, 0.6) is 0 Å². The summed E-state index contributed by atoms with van der Waals surface area (Å²) in [4.78, 5) is 90.3. The number of aliphatic hydroxyl groups excluding tert-OH is 4. The number of aliphatic carboxylic acids is 1. The molecule has 11 rings (SSSR count). The van der Waals surface area contributed by atoms with Gasteiger partial charge in [-0.1, -0.05) is 300 Å². The maximum atomic E-state index is 12.0. The molecule has 5 aliphatic heterocycles. The van der Waals surface area contributed by atoms with Gasteiger partial charge in [-0.05, 0) is 234 Å². The highest BCUT2D eigenvalue weighted by atomic mass is 127. The number of Topliss-reactive ketones (excluding diaryl/α,β-unsaturated/α-hetero) is 1. The van der Waals surface area contributed by atoms with Crippen molar-refractivity contribution in [3.63, 3.8) is 0 Å². The molecular weight excluding hydrogens is 1980 g/mol. The number of rotatable bonds is 20. The van der Waals surface area contributed by atoms with Gasteiger partial charge in [0.25, 0.3) is 0 Å². The lowest BCUT2D eigenvalue weighted by Gasteiger charge is -2.37. The van der Waals surface area contributed by atoms with Crippen LogP contribution in [0.25, 0.3) is 0 Å². The van der Waals surface area contributed by atoms with E-state index in [1.54, 1.807) is 66.7 Å². The van der Waals surface area contributed by atoms with E-state index in [0.717, 1.165) is 185 Å². The molecule has 8 aliphatic rings. The average molecular weight is 2190 g/mol. The van der Waals surface area contributed by atoms with E-state index in [0.29, 0.717) is 60.9 Å². The molecule has 3 saturated carbocycles. The van der Waals surface area contributed by atoms with E-state index in [1.807, 2.05) is 76.5 Å². The number of carbonyl (C=O) groups is 7. The summed E-state index contributed by atoms with van der Waals surface area (Å²) >= 11 is 2.15. The van der Waals surface area contributed by atoms with Gasteiger partial charge in [0.1, 0.15) is 28.2 Å². The third kappa shape index (κ3) is 69.6. The Hall–Kier alpha value is -6.81. The maximum Gasteiger partial charge on any atom is 0.519 e. The van der Waals surface area contributed by atoms with Crippen molar-refractivity contribution in [3.05, 3.63) is 131 Å². The number of carboxylic acids is 1. The number of ketones is 1. The Balaban J connectivity index is -0.000000506. The number of methoxy groups -OCH3 is 3. The Labute approximate surface area is 898 Å². The number of halogens is 4. The van der Waals surface area contributed by atoms with Gasteiger partial charge in [0.2, 0.25) is 0 Å². The fourth-order valence-corrected chi connectivity index (χ4v) is 18.5. The van der Waals surface area contributed by atoms with E-state index in [1.165, 1.54) is 118 Å². The first-order valence-corrected chi connectivity index (χ1v) is 54.0. The van der Waals surface area contributed by atoms with Crippen LogP contribution in [0.3, 0.4) is 0 Å². The zero-order chi connectivity index (χ0) is 106. The van der Waals surface area contributed by atoms with Crippen LogP contribution in [-0.2, 0) is 71.9 Å². The Morgan fingerprint density at radius 2 is 0.678 bits per heavy atom. The molecule has 0 aromatic heterocycles. The molecule has 25 nitrogen and oxygen atoms in total. The van der Waals surface area contributed by atoms with Gasteiger partial charge in [-0.3, -0.25) is 19.5 Å². The summed E-state index contributed by atoms with van der Waals surface area (Å²) in [5.41, 5.74) is 4.45. The number of carbonyl (C=O) groups excluding carboxylic acids is 6. The van der Waals surface area contributed by atoms with Crippen LogP contribution in [0.1, 0.15) is 334 Å². The van der Waals surface area contributed by atoms with Gasteiger partial charge in [-0.15, -0.1) is 0 Å². The molecule has 2 amide bonds. The Morgan fingerprint density at radius 3 is 0.945 bits per heavy atom. The second-order valence-corrected chi connectivity index (χ2v) is 43.2. The molecule has 850 valence electrons. The van der Waals surface area contributed by atoms with Crippen molar-refractivity contribution in [1.29, 1.82) is 0 Å². The molecule has 3 aromatic rings. The van der Waals surface area contributed by atoms with Crippen molar-refractivity contribution >= 4 is 64.8 Å². The van der Waals surface area contributed by atoms with E-state index >= 15 is 0 Å². The van der Waals surface area contributed by atoms with Crippen molar-refractivity contribution in [3.8, 4) is 0 Å². The zero-order valence-electron chi connectivity index (χ0n) is 90.9. The molecule has 146 heavy (non-hydrogen) atoms. The number of piperidine rings is 5.